The Kier molecular flexibility index (Phi) is 4.88. The molecule has 1 aromatic carbocycles. The van der Waals surface area contributed by atoms with E-state index >= 15 is 0 Å². The van der Waals surface area contributed by atoms with Crippen LogP contribution >= 0.6 is 0 Å². The topological polar surface area (TPSA) is 44.5 Å². The van der Waals surface area contributed by atoms with E-state index in [-0.39, 0.29) is 12.1 Å². The fraction of sp³-hybridized carbons (Fsp3) is 0.600. The molecule has 1 aromatic rings. The highest BCUT2D eigenvalue weighted by Crippen LogP contribution is 2.24. The molecule has 2 rings (SSSR count). The molecule has 2 atom stereocenters. The average molecular weight is 249 g/mol. The molecule has 18 heavy (non-hydrogen) atoms. The maximum atomic E-state index is 6.15. The third-order valence-electron chi connectivity index (χ3n) is 3.43. The van der Waals surface area contributed by atoms with Crippen LogP contribution in [0.25, 0.3) is 0 Å². The van der Waals surface area contributed by atoms with Crippen LogP contribution in [0, 0.1) is 0 Å². The first kappa shape index (κ1) is 13.2. The second kappa shape index (κ2) is 6.64. The summed E-state index contributed by atoms with van der Waals surface area (Å²) in [7, 11) is 0. The van der Waals surface area contributed by atoms with Gasteiger partial charge in [0.1, 0.15) is 17.6 Å². The predicted molar refractivity (Wildman–Crippen MR) is 73.1 cm³/mol. The van der Waals surface area contributed by atoms with Crippen LogP contribution in [0.1, 0.15) is 39.0 Å². The van der Waals surface area contributed by atoms with Crippen molar-refractivity contribution in [2.45, 2.75) is 51.2 Å². The molecular formula is C15H23NO2. The molecule has 1 fully saturated rings. The quantitative estimate of drug-likeness (QED) is 0.834. The number of nitrogens with two attached hydrogens (primary N) is 1. The van der Waals surface area contributed by atoms with Crippen molar-refractivity contribution >= 4 is 0 Å². The molecular weight excluding hydrogens is 226 g/mol. The van der Waals surface area contributed by atoms with E-state index in [0.717, 1.165) is 24.3 Å². The summed E-state index contributed by atoms with van der Waals surface area (Å²) in [5.74, 6) is 1.77. The van der Waals surface area contributed by atoms with Crippen LogP contribution in [-0.4, -0.2) is 18.8 Å². The van der Waals surface area contributed by atoms with Gasteiger partial charge in [-0.05, 0) is 50.5 Å². The molecule has 2 N–H and O–H groups in total. The van der Waals surface area contributed by atoms with Crippen molar-refractivity contribution in [2.75, 3.05) is 6.61 Å². The lowest BCUT2D eigenvalue weighted by Crippen LogP contribution is -2.37. The standard InChI is InChI=1S/C15H23NO2/c1-2-17-12-8-10-13(11-9-12)18-15-7-5-3-4-6-14(15)16/h8-11,14-15H,2-7,16H2,1H3. The van der Waals surface area contributed by atoms with Crippen molar-refractivity contribution in [1.82, 2.24) is 0 Å². The van der Waals surface area contributed by atoms with E-state index in [2.05, 4.69) is 0 Å². The summed E-state index contributed by atoms with van der Waals surface area (Å²) in [6, 6.07) is 7.98. The number of rotatable bonds is 4. The molecule has 0 heterocycles. The number of hydrogen-bond donors (Lipinski definition) is 1. The molecule has 1 aliphatic rings. The molecule has 3 heteroatoms. The molecule has 3 nitrogen and oxygen atoms in total. The lowest BCUT2D eigenvalue weighted by atomic mass is 10.1. The summed E-state index contributed by atoms with van der Waals surface area (Å²) in [6.45, 7) is 2.67. The summed E-state index contributed by atoms with van der Waals surface area (Å²) in [5.41, 5.74) is 6.15. The maximum absolute atomic E-state index is 6.15. The van der Waals surface area contributed by atoms with Crippen molar-refractivity contribution in [3.05, 3.63) is 24.3 Å². The molecule has 0 bridgehead atoms. The van der Waals surface area contributed by atoms with Crippen LogP contribution in [0.15, 0.2) is 24.3 Å². The first-order valence-corrected chi connectivity index (χ1v) is 6.94. The summed E-state index contributed by atoms with van der Waals surface area (Å²) in [4.78, 5) is 0. The monoisotopic (exact) mass is 249 g/mol. The van der Waals surface area contributed by atoms with Crippen molar-refractivity contribution in [1.29, 1.82) is 0 Å². The van der Waals surface area contributed by atoms with Crippen LogP contribution in [0.4, 0.5) is 0 Å². The van der Waals surface area contributed by atoms with Gasteiger partial charge in [0.2, 0.25) is 0 Å². The normalized spacial score (nSPS) is 24.3. The third-order valence-corrected chi connectivity index (χ3v) is 3.43. The lowest BCUT2D eigenvalue weighted by Gasteiger charge is -2.23. The van der Waals surface area contributed by atoms with Crippen molar-refractivity contribution in [2.24, 2.45) is 5.73 Å². The fourth-order valence-electron chi connectivity index (χ4n) is 2.40. The Morgan fingerprint density at radius 1 is 1.06 bits per heavy atom. The molecule has 0 aromatic heterocycles. The molecule has 0 spiro atoms. The summed E-state index contributed by atoms with van der Waals surface area (Å²) < 4.78 is 11.4. The first-order valence-electron chi connectivity index (χ1n) is 6.94. The smallest absolute Gasteiger partial charge is 0.120 e. The van der Waals surface area contributed by atoms with E-state index in [9.17, 15) is 0 Å². The van der Waals surface area contributed by atoms with Gasteiger partial charge < -0.3 is 15.2 Å². The Morgan fingerprint density at radius 2 is 1.72 bits per heavy atom. The predicted octanol–water partition coefficient (Wildman–Crippen LogP) is 3.12. The molecule has 2 unspecified atom stereocenters. The van der Waals surface area contributed by atoms with Crippen LogP contribution in [0.2, 0.25) is 0 Å². The van der Waals surface area contributed by atoms with Gasteiger partial charge in [0.25, 0.3) is 0 Å². The Hall–Kier alpha value is -1.22. The molecule has 0 saturated heterocycles. The average Bonchev–Trinajstić information content (AvgIpc) is 2.58. The highest BCUT2D eigenvalue weighted by molar-refractivity contribution is 5.31. The minimum atomic E-state index is 0.158. The minimum absolute atomic E-state index is 0.158. The molecule has 1 saturated carbocycles. The van der Waals surface area contributed by atoms with Gasteiger partial charge in [-0.1, -0.05) is 12.8 Å². The Balaban J connectivity index is 1.94. The molecule has 0 amide bonds. The molecule has 1 aliphatic carbocycles. The van der Waals surface area contributed by atoms with Gasteiger partial charge in [-0.25, -0.2) is 0 Å². The van der Waals surface area contributed by atoms with Crippen molar-refractivity contribution < 1.29 is 9.47 Å². The fourth-order valence-corrected chi connectivity index (χ4v) is 2.40. The highest BCUT2D eigenvalue weighted by atomic mass is 16.5. The number of benzene rings is 1. The van der Waals surface area contributed by atoms with Gasteiger partial charge >= 0.3 is 0 Å². The van der Waals surface area contributed by atoms with Crippen molar-refractivity contribution in [3.63, 3.8) is 0 Å². The zero-order valence-corrected chi connectivity index (χ0v) is 11.1. The van der Waals surface area contributed by atoms with Crippen LogP contribution in [0.3, 0.4) is 0 Å². The van der Waals surface area contributed by atoms with E-state index in [4.69, 9.17) is 15.2 Å². The van der Waals surface area contributed by atoms with E-state index in [1.165, 1.54) is 19.3 Å². The maximum Gasteiger partial charge on any atom is 0.120 e. The third kappa shape index (κ3) is 3.64. The van der Waals surface area contributed by atoms with Gasteiger partial charge in [-0.15, -0.1) is 0 Å². The van der Waals surface area contributed by atoms with Crippen molar-refractivity contribution in [3.8, 4) is 11.5 Å². The van der Waals surface area contributed by atoms with E-state index < -0.39 is 0 Å². The first-order chi connectivity index (χ1) is 8.79. The second-order valence-corrected chi connectivity index (χ2v) is 4.86. The van der Waals surface area contributed by atoms with Crippen LogP contribution in [-0.2, 0) is 0 Å². The Bertz CT molecular complexity index is 350. The van der Waals surface area contributed by atoms with Gasteiger partial charge in [-0.3, -0.25) is 0 Å². The largest absolute Gasteiger partial charge is 0.494 e. The lowest BCUT2D eigenvalue weighted by molar-refractivity contribution is 0.162. The Labute approximate surface area is 109 Å². The number of ether oxygens (including phenoxy) is 2. The molecule has 0 aliphatic heterocycles. The highest BCUT2D eigenvalue weighted by Gasteiger charge is 2.21. The summed E-state index contributed by atoms with van der Waals surface area (Å²) in [6.07, 6.45) is 6.01. The van der Waals surface area contributed by atoms with Gasteiger partial charge in [0, 0.05) is 6.04 Å². The summed E-state index contributed by atoms with van der Waals surface area (Å²) in [5, 5.41) is 0. The SMILES string of the molecule is CCOc1ccc(OC2CCCCCC2N)cc1. The van der Waals surface area contributed by atoms with E-state index in [1.807, 2.05) is 31.2 Å². The van der Waals surface area contributed by atoms with Crippen LogP contribution in [0.5, 0.6) is 11.5 Å². The zero-order chi connectivity index (χ0) is 12.8. The number of hydrogen-bond acceptors (Lipinski definition) is 3. The van der Waals surface area contributed by atoms with Gasteiger partial charge in [-0.2, -0.15) is 0 Å². The van der Waals surface area contributed by atoms with E-state index in [1.54, 1.807) is 0 Å². The van der Waals surface area contributed by atoms with Gasteiger partial charge in [0.15, 0.2) is 0 Å². The summed E-state index contributed by atoms with van der Waals surface area (Å²) >= 11 is 0. The zero-order valence-electron chi connectivity index (χ0n) is 11.1. The molecule has 100 valence electrons. The second-order valence-electron chi connectivity index (χ2n) is 4.86. The van der Waals surface area contributed by atoms with Gasteiger partial charge in [0.05, 0.1) is 6.61 Å². The van der Waals surface area contributed by atoms with Crippen LogP contribution < -0.4 is 15.2 Å². The van der Waals surface area contributed by atoms with E-state index in [0.29, 0.717) is 6.61 Å². The molecule has 0 radical (unpaired) electrons. The minimum Gasteiger partial charge on any atom is -0.494 e. The Morgan fingerprint density at radius 3 is 2.44 bits per heavy atom.